The molecule has 0 bridgehead atoms. The molecular formula is C11H6F11N. The van der Waals surface area contributed by atoms with Gasteiger partial charge in [-0.05, 0) is 6.07 Å². The first-order valence-electron chi connectivity index (χ1n) is 5.50. The van der Waals surface area contributed by atoms with Gasteiger partial charge < -0.3 is 5.32 Å². The maximum absolute atomic E-state index is 13.8. The van der Waals surface area contributed by atoms with Crippen LogP contribution in [0.2, 0.25) is 0 Å². The van der Waals surface area contributed by atoms with Gasteiger partial charge in [0.05, 0.1) is 0 Å². The minimum absolute atomic E-state index is 0.250. The molecule has 0 aliphatic carbocycles. The van der Waals surface area contributed by atoms with Crippen molar-refractivity contribution in [2.24, 2.45) is 0 Å². The van der Waals surface area contributed by atoms with Gasteiger partial charge >= 0.3 is 24.1 Å². The molecule has 0 aromatic heterocycles. The maximum atomic E-state index is 13.8. The van der Waals surface area contributed by atoms with Gasteiger partial charge in [-0.25, -0.2) is 13.2 Å². The van der Waals surface area contributed by atoms with Crippen molar-refractivity contribution in [3.05, 3.63) is 29.8 Å². The van der Waals surface area contributed by atoms with Crippen molar-refractivity contribution in [2.75, 3.05) is 5.32 Å². The van der Waals surface area contributed by atoms with E-state index in [9.17, 15) is 48.3 Å². The van der Waals surface area contributed by atoms with Gasteiger partial charge in [0.2, 0.25) is 0 Å². The molecule has 0 heterocycles. The predicted octanol–water partition coefficient (Wildman–Crippen LogP) is 5.46. The van der Waals surface area contributed by atoms with Crippen LogP contribution in [-0.4, -0.2) is 24.1 Å². The van der Waals surface area contributed by atoms with Crippen LogP contribution in [0.15, 0.2) is 24.3 Å². The monoisotopic (exact) mass is 361 g/mol. The summed E-state index contributed by atoms with van der Waals surface area (Å²) in [6.45, 7) is 0. The Labute approximate surface area is 121 Å². The molecule has 0 amide bonds. The maximum Gasteiger partial charge on any atom is 0.459 e. The Morgan fingerprint density at radius 1 is 0.739 bits per heavy atom. The number of benzene rings is 1. The molecule has 0 radical (unpaired) electrons. The van der Waals surface area contributed by atoms with Crippen LogP contribution < -0.4 is 5.32 Å². The lowest BCUT2D eigenvalue weighted by atomic mass is 10.0. The fraction of sp³-hybridized carbons (Fsp3) is 0.455. The second-order valence-electron chi connectivity index (χ2n) is 4.24. The van der Waals surface area contributed by atoms with E-state index in [-0.39, 0.29) is 5.32 Å². The number of anilines is 1. The molecule has 1 N–H and O–H groups in total. The van der Waals surface area contributed by atoms with Gasteiger partial charge in [0.15, 0.2) is 0 Å². The molecule has 0 aliphatic rings. The van der Waals surface area contributed by atoms with Crippen molar-refractivity contribution in [1.29, 1.82) is 0 Å². The summed E-state index contributed by atoms with van der Waals surface area (Å²) in [6, 6.07) is 2.35. The third kappa shape index (κ3) is 3.29. The minimum atomic E-state index is -6.94. The fourth-order valence-corrected chi connectivity index (χ4v) is 1.51. The third-order valence-electron chi connectivity index (χ3n) is 2.68. The lowest BCUT2D eigenvalue weighted by molar-refractivity contribution is -0.375. The molecule has 1 unspecified atom stereocenters. The van der Waals surface area contributed by atoms with Crippen LogP contribution in [0.25, 0.3) is 0 Å². The number of halogens is 11. The summed E-state index contributed by atoms with van der Waals surface area (Å²) in [5.74, 6) is -13.3. The van der Waals surface area contributed by atoms with E-state index in [1.54, 1.807) is 0 Å². The first-order valence-corrected chi connectivity index (χ1v) is 5.50. The molecule has 0 saturated heterocycles. The second-order valence-corrected chi connectivity index (χ2v) is 4.24. The quantitative estimate of drug-likeness (QED) is 0.555. The Kier molecular flexibility index (Phi) is 4.79. The predicted molar refractivity (Wildman–Crippen MR) is 55.9 cm³/mol. The molecule has 132 valence electrons. The molecule has 0 aliphatic heterocycles. The molecule has 0 saturated carbocycles. The van der Waals surface area contributed by atoms with E-state index in [0.717, 1.165) is 12.1 Å². The summed E-state index contributed by atoms with van der Waals surface area (Å²) in [5, 5.41) is 0.250. The Bertz CT molecular complexity index is 548. The van der Waals surface area contributed by atoms with Crippen molar-refractivity contribution >= 4 is 5.69 Å². The van der Waals surface area contributed by atoms with E-state index in [0.29, 0.717) is 12.1 Å². The molecule has 1 aromatic carbocycles. The molecule has 23 heavy (non-hydrogen) atoms. The van der Waals surface area contributed by atoms with Gasteiger partial charge in [0.1, 0.15) is 0 Å². The standard InChI is InChI=1S/C11H6F11N/c12-7(13)5-3-1-2-4-6(5)23-9(16,11(20,21)22)8(14,15)10(17,18)19/h1-4,7,23H. The van der Waals surface area contributed by atoms with Crippen LogP contribution in [0.4, 0.5) is 54.0 Å². The van der Waals surface area contributed by atoms with Crippen LogP contribution >= 0.6 is 0 Å². The highest BCUT2D eigenvalue weighted by molar-refractivity contribution is 5.54. The summed E-state index contributed by atoms with van der Waals surface area (Å²) < 4.78 is 139. The number of rotatable bonds is 4. The van der Waals surface area contributed by atoms with E-state index in [2.05, 4.69) is 0 Å². The van der Waals surface area contributed by atoms with E-state index < -0.39 is 41.7 Å². The minimum Gasteiger partial charge on any atom is -0.340 e. The highest BCUT2D eigenvalue weighted by atomic mass is 19.4. The second kappa shape index (κ2) is 5.71. The largest absolute Gasteiger partial charge is 0.459 e. The highest BCUT2D eigenvalue weighted by Crippen LogP contribution is 2.53. The Balaban J connectivity index is 3.48. The average molecular weight is 361 g/mol. The van der Waals surface area contributed by atoms with Crippen LogP contribution in [0.3, 0.4) is 0 Å². The molecule has 1 aromatic rings. The summed E-state index contributed by atoms with van der Waals surface area (Å²) >= 11 is 0. The zero-order valence-electron chi connectivity index (χ0n) is 10.5. The molecule has 0 spiro atoms. The molecular weight excluding hydrogens is 355 g/mol. The first kappa shape index (κ1) is 19.3. The van der Waals surface area contributed by atoms with E-state index in [4.69, 9.17) is 0 Å². The Morgan fingerprint density at radius 3 is 1.61 bits per heavy atom. The molecule has 1 rings (SSSR count). The number of para-hydroxylation sites is 1. The van der Waals surface area contributed by atoms with Crippen LogP contribution in [-0.2, 0) is 0 Å². The van der Waals surface area contributed by atoms with Crippen LogP contribution in [0.5, 0.6) is 0 Å². The summed E-state index contributed by atoms with van der Waals surface area (Å²) in [5.41, 5.74) is -2.93. The lowest BCUT2D eigenvalue weighted by Gasteiger charge is -2.37. The van der Waals surface area contributed by atoms with Crippen LogP contribution in [0.1, 0.15) is 12.0 Å². The molecule has 1 nitrogen and oxygen atoms in total. The molecule has 12 heteroatoms. The highest BCUT2D eigenvalue weighted by Gasteiger charge is 2.81. The lowest BCUT2D eigenvalue weighted by Crippen LogP contribution is -2.66. The number of hydrogen-bond acceptors (Lipinski definition) is 1. The van der Waals surface area contributed by atoms with Gasteiger partial charge in [-0.1, -0.05) is 18.2 Å². The van der Waals surface area contributed by atoms with Gasteiger partial charge in [-0.15, -0.1) is 0 Å². The number of nitrogens with one attached hydrogen (secondary N) is 1. The van der Waals surface area contributed by atoms with Crippen molar-refractivity contribution in [2.45, 2.75) is 30.5 Å². The van der Waals surface area contributed by atoms with Crippen molar-refractivity contribution in [1.82, 2.24) is 0 Å². The number of alkyl halides is 11. The van der Waals surface area contributed by atoms with Gasteiger partial charge in [-0.3, -0.25) is 0 Å². The zero-order chi connectivity index (χ0) is 18.3. The van der Waals surface area contributed by atoms with Gasteiger partial charge in [0, 0.05) is 11.3 Å². The third-order valence-corrected chi connectivity index (χ3v) is 2.68. The van der Waals surface area contributed by atoms with Crippen molar-refractivity contribution in [3.8, 4) is 0 Å². The first-order chi connectivity index (χ1) is 10.1. The topological polar surface area (TPSA) is 12.0 Å². The average Bonchev–Trinajstić information content (AvgIpc) is 2.36. The zero-order valence-corrected chi connectivity index (χ0v) is 10.5. The summed E-state index contributed by atoms with van der Waals surface area (Å²) in [7, 11) is 0. The normalized spacial score (nSPS) is 16.3. The van der Waals surface area contributed by atoms with E-state index >= 15 is 0 Å². The van der Waals surface area contributed by atoms with Gasteiger partial charge in [0.25, 0.3) is 6.43 Å². The van der Waals surface area contributed by atoms with E-state index in [1.165, 1.54) is 0 Å². The van der Waals surface area contributed by atoms with Crippen LogP contribution in [0, 0.1) is 0 Å². The summed E-state index contributed by atoms with van der Waals surface area (Å²) in [4.78, 5) is 0. The molecule has 1 atom stereocenters. The molecule has 0 fully saturated rings. The summed E-state index contributed by atoms with van der Waals surface area (Å²) in [6.07, 6.45) is -17.2. The Morgan fingerprint density at radius 2 is 1.22 bits per heavy atom. The van der Waals surface area contributed by atoms with Gasteiger partial charge in [-0.2, -0.15) is 35.1 Å². The smallest absolute Gasteiger partial charge is 0.340 e. The van der Waals surface area contributed by atoms with Crippen molar-refractivity contribution in [3.63, 3.8) is 0 Å². The SMILES string of the molecule is FC(F)c1ccccc1NC(F)(C(F)(F)F)C(F)(F)C(F)(F)F. The Hall–Kier alpha value is -1.75. The van der Waals surface area contributed by atoms with Crippen molar-refractivity contribution < 1.29 is 48.3 Å². The number of hydrogen-bond donors (Lipinski definition) is 1. The van der Waals surface area contributed by atoms with E-state index in [1.807, 2.05) is 0 Å². The fourth-order valence-electron chi connectivity index (χ4n) is 1.51.